The third-order valence-electron chi connectivity index (χ3n) is 5.15. The number of anilines is 1. The number of carbonyl (C=O) groups is 1. The van der Waals surface area contributed by atoms with Gasteiger partial charge in [0.25, 0.3) is 0 Å². The average Bonchev–Trinajstić information content (AvgIpc) is 3.12. The highest BCUT2D eigenvalue weighted by Crippen LogP contribution is 2.52. The van der Waals surface area contributed by atoms with Crippen molar-refractivity contribution in [2.75, 3.05) is 11.9 Å². The van der Waals surface area contributed by atoms with E-state index in [1.54, 1.807) is 18.2 Å². The first kappa shape index (κ1) is 17.7. The second-order valence-corrected chi connectivity index (χ2v) is 7.34. The standard InChI is InChI=1S/C18H14Cl2F2N2O2/c19-8-1-3-11-14(5-8)23-17(26)18(11)12(6-9(7-25)24-18)10-2-4-13(21)15(20)16(10)22/h1-5,9,12,24-25H,6-7H2,(H,23,26)/t9-,12-,18-/m1/s1. The van der Waals surface area contributed by atoms with Crippen molar-refractivity contribution in [3.05, 3.63) is 63.1 Å². The van der Waals surface area contributed by atoms with Crippen LogP contribution in [0.3, 0.4) is 0 Å². The zero-order chi connectivity index (χ0) is 18.6. The summed E-state index contributed by atoms with van der Waals surface area (Å²) in [6.07, 6.45) is 0.283. The Morgan fingerprint density at radius 3 is 2.73 bits per heavy atom. The molecule has 3 N–H and O–H groups in total. The summed E-state index contributed by atoms with van der Waals surface area (Å²) >= 11 is 11.8. The van der Waals surface area contributed by atoms with Gasteiger partial charge in [-0.3, -0.25) is 10.1 Å². The molecule has 26 heavy (non-hydrogen) atoms. The van der Waals surface area contributed by atoms with Gasteiger partial charge in [-0.05, 0) is 30.2 Å². The van der Waals surface area contributed by atoms with Gasteiger partial charge >= 0.3 is 0 Å². The van der Waals surface area contributed by atoms with Gasteiger partial charge in [0, 0.05) is 28.2 Å². The highest BCUT2D eigenvalue weighted by Gasteiger charge is 2.58. The highest BCUT2D eigenvalue weighted by molar-refractivity contribution is 6.31. The number of benzene rings is 2. The number of aliphatic hydroxyl groups excluding tert-OH is 1. The molecule has 136 valence electrons. The first-order valence-electron chi connectivity index (χ1n) is 8.02. The van der Waals surface area contributed by atoms with E-state index in [9.17, 15) is 18.7 Å². The molecular formula is C18H14Cl2F2N2O2. The molecule has 3 atom stereocenters. The molecule has 1 spiro atoms. The first-order valence-corrected chi connectivity index (χ1v) is 8.77. The van der Waals surface area contributed by atoms with Crippen LogP contribution in [0.2, 0.25) is 10.0 Å². The van der Waals surface area contributed by atoms with Crippen molar-refractivity contribution in [1.82, 2.24) is 5.32 Å². The number of hydrogen-bond acceptors (Lipinski definition) is 3. The molecule has 0 saturated carbocycles. The zero-order valence-electron chi connectivity index (χ0n) is 13.3. The van der Waals surface area contributed by atoms with Crippen LogP contribution in [0.5, 0.6) is 0 Å². The van der Waals surface area contributed by atoms with Crippen LogP contribution >= 0.6 is 23.2 Å². The average molecular weight is 399 g/mol. The number of rotatable bonds is 2. The van der Waals surface area contributed by atoms with E-state index in [4.69, 9.17) is 23.2 Å². The Labute approximate surface area is 158 Å². The summed E-state index contributed by atoms with van der Waals surface area (Å²) in [5.74, 6) is -2.82. The Kier molecular flexibility index (Phi) is 4.19. The molecule has 4 rings (SSSR count). The molecule has 0 aromatic heterocycles. The Morgan fingerprint density at radius 2 is 2.00 bits per heavy atom. The summed E-state index contributed by atoms with van der Waals surface area (Å²) in [6.45, 7) is -0.231. The Bertz CT molecular complexity index is 924. The number of hydrogen-bond donors (Lipinski definition) is 3. The fourth-order valence-corrected chi connectivity index (χ4v) is 4.37. The van der Waals surface area contributed by atoms with Crippen LogP contribution in [0.25, 0.3) is 0 Å². The predicted octanol–water partition coefficient (Wildman–Crippen LogP) is 3.56. The number of nitrogens with one attached hydrogen (secondary N) is 2. The maximum Gasteiger partial charge on any atom is 0.250 e. The van der Waals surface area contributed by atoms with E-state index in [0.717, 1.165) is 6.07 Å². The van der Waals surface area contributed by atoms with Crippen LogP contribution < -0.4 is 10.6 Å². The third-order valence-corrected chi connectivity index (χ3v) is 5.73. The first-order chi connectivity index (χ1) is 12.4. The molecule has 0 bridgehead atoms. The number of aliphatic hydroxyl groups is 1. The van der Waals surface area contributed by atoms with E-state index in [1.165, 1.54) is 6.07 Å². The van der Waals surface area contributed by atoms with Crippen LogP contribution in [-0.2, 0) is 10.3 Å². The van der Waals surface area contributed by atoms with Crippen LogP contribution in [-0.4, -0.2) is 23.7 Å². The van der Waals surface area contributed by atoms with Gasteiger partial charge in [0.15, 0.2) is 0 Å². The minimum atomic E-state index is -1.30. The molecule has 2 aliphatic heterocycles. The Morgan fingerprint density at radius 1 is 1.23 bits per heavy atom. The van der Waals surface area contributed by atoms with Gasteiger partial charge in [-0.2, -0.15) is 0 Å². The summed E-state index contributed by atoms with van der Waals surface area (Å²) in [5.41, 5.74) is -0.0484. The molecule has 0 aliphatic carbocycles. The van der Waals surface area contributed by atoms with Gasteiger partial charge in [0.1, 0.15) is 22.2 Å². The summed E-state index contributed by atoms with van der Waals surface area (Å²) in [4.78, 5) is 12.9. The summed E-state index contributed by atoms with van der Waals surface area (Å²) < 4.78 is 28.3. The van der Waals surface area contributed by atoms with Gasteiger partial charge in [-0.1, -0.05) is 35.3 Å². The molecular weight excluding hydrogens is 385 g/mol. The minimum absolute atomic E-state index is 0.123. The van der Waals surface area contributed by atoms with Gasteiger partial charge < -0.3 is 10.4 Å². The van der Waals surface area contributed by atoms with E-state index in [1.807, 2.05) is 0 Å². The number of amides is 1. The van der Waals surface area contributed by atoms with Crippen molar-refractivity contribution in [2.24, 2.45) is 0 Å². The molecule has 2 aromatic carbocycles. The maximum absolute atomic E-state index is 14.7. The van der Waals surface area contributed by atoms with Crippen molar-refractivity contribution in [3.63, 3.8) is 0 Å². The largest absolute Gasteiger partial charge is 0.395 e. The fourth-order valence-electron chi connectivity index (χ4n) is 4.03. The van der Waals surface area contributed by atoms with Crippen LogP contribution in [0.4, 0.5) is 14.5 Å². The lowest BCUT2D eigenvalue weighted by atomic mass is 9.76. The lowest BCUT2D eigenvalue weighted by Crippen LogP contribution is -2.49. The summed E-state index contributed by atoms with van der Waals surface area (Å²) in [7, 11) is 0. The summed E-state index contributed by atoms with van der Waals surface area (Å²) in [5, 5.41) is 15.4. The second kappa shape index (κ2) is 6.16. The number of fused-ring (bicyclic) bond motifs is 2. The molecule has 2 aromatic rings. The van der Waals surface area contributed by atoms with Gasteiger partial charge in [0.2, 0.25) is 5.91 Å². The molecule has 1 fully saturated rings. The molecule has 1 amide bonds. The van der Waals surface area contributed by atoms with Crippen LogP contribution in [0, 0.1) is 11.6 Å². The van der Waals surface area contributed by atoms with Crippen molar-refractivity contribution >= 4 is 34.8 Å². The van der Waals surface area contributed by atoms with Crippen LogP contribution in [0.15, 0.2) is 30.3 Å². The smallest absolute Gasteiger partial charge is 0.250 e. The second-order valence-electron chi connectivity index (χ2n) is 6.53. The van der Waals surface area contributed by atoms with Gasteiger partial charge in [-0.15, -0.1) is 0 Å². The fraction of sp³-hybridized carbons (Fsp3) is 0.278. The maximum atomic E-state index is 14.7. The van der Waals surface area contributed by atoms with E-state index < -0.39 is 34.2 Å². The van der Waals surface area contributed by atoms with Crippen molar-refractivity contribution < 1.29 is 18.7 Å². The normalized spacial score (nSPS) is 27.0. The van der Waals surface area contributed by atoms with Gasteiger partial charge in [0.05, 0.1) is 6.61 Å². The van der Waals surface area contributed by atoms with E-state index in [2.05, 4.69) is 10.6 Å². The monoisotopic (exact) mass is 398 g/mol. The Balaban J connectivity index is 1.92. The topological polar surface area (TPSA) is 61.4 Å². The predicted molar refractivity (Wildman–Crippen MR) is 94.5 cm³/mol. The van der Waals surface area contributed by atoms with Crippen molar-refractivity contribution in [2.45, 2.75) is 23.9 Å². The lowest BCUT2D eigenvalue weighted by Gasteiger charge is -2.30. The third kappa shape index (κ3) is 2.36. The van der Waals surface area contributed by atoms with Crippen molar-refractivity contribution in [3.8, 4) is 0 Å². The number of carbonyl (C=O) groups excluding carboxylic acids is 1. The molecule has 1 saturated heterocycles. The Hall–Kier alpha value is -1.73. The quantitative estimate of drug-likeness (QED) is 0.677. The summed E-state index contributed by atoms with van der Waals surface area (Å²) in [6, 6.07) is 6.89. The molecule has 4 nitrogen and oxygen atoms in total. The molecule has 2 heterocycles. The molecule has 2 aliphatic rings. The van der Waals surface area contributed by atoms with E-state index in [-0.39, 0.29) is 24.5 Å². The zero-order valence-corrected chi connectivity index (χ0v) is 14.8. The lowest BCUT2D eigenvalue weighted by molar-refractivity contribution is -0.122. The molecule has 0 radical (unpaired) electrons. The highest BCUT2D eigenvalue weighted by atomic mass is 35.5. The SMILES string of the molecule is O=C1Nc2cc(Cl)ccc2[C@]12N[C@@H](CO)C[C@@H]2c1ccc(F)c(Cl)c1F. The molecule has 8 heteroatoms. The number of halogens is 4. The van der Waals surface area contributed by atoms with Gasteiger partial charge in [-0.25, -0.2) is 8.78 Å². The van der Waals surface area contributed by atoms with Crippen LogP contribution in [0.1, 0.15) is 23.5 Å². The molecule has 0 unspecified atom stereocenters. The van der Waals surface area contributed by atoms with E-state index in [0.29, 0.717) is 16.3 Å². The van der Waals surface area contributed by atoms with E-state index >= 15 is 0 Å². The van der Waals surface area contributed by atoms with Crippen molar-refractivity contribution in [1.29, 1.82) is 0 Å². The minimum Gasteiger partial charge on any atom is -0.395 e.